The molecule has 0 radical (unpaired) electrons. The van der Waals surface area contributed by atoms with Gasteiger partial charge in [0.2, 0.25) is 0 Å². The average Bonchev–Trinajstić information content (AvgIpc) is 2.62. The number of para-hydroxylation sites is 1. The summed E-state index contributed by atoms with van der Waals surface area (Å²) in [5.41, 5.74) is 6.31. The van der Waals surface area contributed by atoms with Gasteiger partial charge in [0.05, 0.1) is 16.8 Å². The van der Waals surface area contributed by atoms with Crippen LogP contribution in [0, 0.1) is 18.6 Å². The minimum absolute atomic E-state index is 0.0276. The van der Waals surface area contributed by atoms with E-state index in [2.05, 4.69) is 20.3 Å². The molecule has 0 aliphatic rings. The highest BCUT2D eigenvalue weighted by atomic mass is 19.1. The van der Waals surface area contributed by atoms with E-state index >= 15 is 0 Å². The fourth-order valence-electron chi connectivity index (χ4n) is 2.74. The Kier molecular flexibility index (Phi) is 5.18. The molecule has 0 aliphatic carbocycles. The number of aryl methyl sites for hydroxylation is 1. The van der Waals surface area contributed by atoms with E-state index in [9.17, 15) is 13.6 Å². The number of aromatic nitrogens is 2. The molecule has 0 bridgehead atoms. The molecule has 3 aromatic rings. The zero-order valence-electron chi connectivity index (χ0n) is 14.8. The maximum Gasteiger partial charge on any atom is 0.250 e. The van der Waals surface area contributed by atoms with E-state index in [0.717, 1.165) is 18.2 Å². The molecule has 2 aromatic carbocycles. The molecule has 0 saturated carbocycles. The number of carbonyl (C=O) groups excluding carboxylic acids is 1. The van der Waals surface area contributed by atoms with Crippen molar-refractivity contribution in [3.63, 3.8) is 0 Å². The van der Waals surface area contributed by atoms with Crippen LogP contribution >= 0.6 is 0 Å². The molecule has 3 rings (SSSR count). The summed E-state index contributed by atoms with van der Waals surface area (Å²) >= 11 is 0. The number of hydrogen-bond acceptors (Lipinski definition) is 5. The van der Waals surface area contributed by atoms with Crippen LogP contribution in [0.15, 0.2) is 41.4 Å². The lowest BCUT2D eigenvalue weighted by Crippen LogP contribution is -2.21. The first-order valence-electron chi connectivity index (χ1n) is 8.15. The van der Waals surface area contributed by atoms with Gasteiger partial charge in [0.25, 0.3) is 5.91 Å². The zero-order valence-corrected chi connectivity index (χ0v) is 14.8. The molecule has 0 unspecified atom stereocenters. The first kappa shape index (κ1) is 18.5. The third-order valence-corrected chi connectivity index (χ3v) is 3.91. The van der Waals surface area contributed by atoms with E-state index < -0.39 is 17.5 Å². The molecule has 1 amide bonds. The number of benzene rings is 2. The number of halogens is 2. The molecule has 1 aromatic heterocycles. The number of carbonyl (C=O) groups is 1. The second-order valence-electron chi connectivity index (χ2n) is 5.87. The minimum atomic E-state index is -0.625. The molecule has 0 fully saturated rings. The summed E-state index contributed by atoms with van der Waals surface area (Å²) in [6.07, 6.45) is 0. The third kappa shape index (κ3) is 3.80. The van der Waals surface area contributed by atoms with Crippen LogP contribution in [0.3, 0.4) is 0 Å². The monoisotopic (exact) mass is 369 g/mol. The van der Waals surface area contributed by atoms with Crippen LogP contribution in [-0.4, -0.2) is 35.2 Å². The van der Waals surface area contributed by atoms with E-state index in [-0.39, 0.29) is 29.2 Å². The van der Waals surface area contributed by atoms with E-state index in [1.54, 1.807) is 32.2 Å². The molecule has 8 heteroatoms. The van der Waals surface area contributed by atoms with Crippen molar-refractivity contribution in [3.05, 3.63) is 65.0 Å². The van der Waals surface area contributed by atoms with Gasteiger partial charge in [-0.05, 0) is 44.3 Å². The molecule has 0 atom stereocenters. The topological polar surface area (TPSA) is 93.3 Å². The Morgan fingerprint density at radius 2 is 1.96 bits per heavy atom. The van der Waals surface area contributed by atoms with Crippen molar-refractivity contribution in [2.24, 2.45) is 10.7 Å². The zero-order chi connectivity index (χ0) is 19.6. The highest BCUT2D eigenvalue weighted by molar-refractivity contribution is 6.09. The van der Waals surface area contributed by atoms with Gasteiger partial charge in [-0.15, -0.1) is 0 Å². The van der Waals surface area contributed by atoms with Crippen molar-refractivity contribution in [1.82, 2.24) is 15.3 Å². The van der Waals surface area contributed by atoms with Crippen LogP contribution in [0.25, 0.3) is 10.9 Å². The lowest BCUT2D eigenvalue weighted by atomic mass is 10.1. The smallest absolute Gasteiger partial charge is 0.250 e. The molecule has 3 N–H and O–H groups in total. The summed E-state index contributed by atoms with van der Waals surface area (Å²) in [7, 11) is 1.67. The Morgan fingerprint density at radius 1 is 1.19 bits per heavy atom. The Morgan fingerprint density at radius 3 is 2.67 bits per heavy atom. The van der Waals surface area contributed by atoms with Gasteiger partial charge in [-0.1, -0.05) is 6.07 Å². The Hall–Kier alpha value is -3.26. The summed E-state index contributed by atoms with van der Waals surface area (Å²) in [5, 5.41) is 3.38. The molecule has 27 heavy (non-hydrogen) atoms. The molecule has 0 saturated heterocycles. The Labute approximate surface area is 154 Å². The average molecular weight is 369 g/mol. The van der Waals surface area contributed by atoms with Gasteiger partial charge in [0.1, 0.15) is 17.5 Å². The highest BCUT2D eigenvalue weighted by Gasteiger charge is 2.15. The predicted molar refractivity (Wildman–Crippen MR) is 99.3 cm³/mol. The van der Waals surface area contributed by atoms with Gasteiger partial charge in [0.15, 0.2) is 5.82 Å². The molecule has 0 spiro atoms. The predicted octanol–water partition coefficient (Wildman–Crippen LogP) is 2.66. The van der Waals surface area contributed by atoms with Crippen LogP contribution < -0.4 is 11.1 Å². The van der Waals surface area contributed by atoms with Crippen molar-refractivity contribution in [2.45, 2.75) is 6.92 Å². The molecule has 0 aliphatic heterocycles. The molecule has 1 heterocycles. The Bertz CT molecular complexity index is 1070. The van der Waals surface area contributed by atoms with Crippen LogP contribution in [0.2, 0.25) is 0 Å². The van der Waals surface area contributed by atoms with Crippen molar-refractivity contribution >= 4 is 28.3 Å². The number of nitrogens with zero attached hydrogens (tertiary/aromatic N) is 3. The Balaban J connectivity index is 2.27. The number of likely N-dealkylation sites (N-methyl/N-ethyl adjacent to an activating group) is 1. The van der Waals surface area contributed by atoms with Crippen LogP contribution in [-0.2, 0) is 0 Å². The van der Waals surface area contributed by atoms with Gasteiger partial charge in [-0.25, -0.2) is 23.7 Å². The maximum atomic E-state index is 14.2. The standard InChI is InChI=1S/C19H17F2N5O/c1-10-24-17-12(18(22)27)4-3-5-13(17)19(25-10)26-16(9-23-2)14-8-11(20)6-7-15(14)21/h3-8,23H,9H2,1-2H3,(H2,22,27). The number of rotatable bonds is 5. The van der Waals surface area contributed by atoms with Gasteiger partial charge >= 0.3 is 0 Å². The van der Waals surface area contributed by atoms with Crippen molar-refractivity contribution in [2.75, 3.05) is 13.6 Å². The van der Waals surface area contributed by atoms with Gasteiger partial charge in [-0.2, -0.15) is 0 Å². The highest BCUT2D eigenvalue weighted by Crippen LogP contribution is 2.26. The normalized spacial score (nSPS) is 11.8. The maximum absolute atomic E-state index is 14.2. The second-order valence-corrected chi connectivity index (χ2v) is 5.87. The van der Waals surface area contributed by atoms with Crippen LogP contribution in [0.1, 0.15) is 21.7 Å². The SMILES string of the molecule is CNCC(=Nc1nc(C)nc2c(C(N)=O)cccc12)c1cc(F)ccc1F. The number of hydrogen-bond donors (Lipinski definition) is 2. The first-order valence-corrected chi connectivity index (χ1v) is 8.15. The summed E-state index contributed by atoms with van der Waals surface area (Å²) in [5.74, 6) is -1.18. The first-order chi connectivity index (χ1) is 12.9. The summed E-state index contributed by atoms with van der Waals surface area (Å²) in [6.45, 7) is 1.83. The summed E-state index contributed by atoms with van der Waals surface area (Å²) in [6, 6.07) is 8.06. The fourth-order valence-corrected chi connectivity index (χ4v) is 2.74. The van der Waals surface area contributed by atoms with E-state index in [1.165, 1.54) is 0 Å². The van der Waals surface area contributed by atoms with Crippen LogP contribution in [0.4, 0.5) is 14.6 Å². The summed E-state index contributed by atoms with van der Waals surface area (Å²) in [4.78, 5) is 24.7. The summed E-state index contributed by atoms with van der Waals surface area (Å²) < 4.78 is 27.9. The minimum Gasteiger partial charge on any atom is -0.366 e. The van der Waals surface area contributed by atoms with Crippen LogP contribution in [0.5, 0.6) is 0 Å². The van der Waals surface area contributed by atoms with E-state index in [0.29, 0.717) is 16.7 Å². The molecular formula is C19H17F2N5O. The number of amides is 1. The fraction of sp³-hybridized carbons (Fsp3) is 0.158. The number of aliphatic imine (C=N–C) groups is 1. The van der Waals surface area contributed by atoms with Gasteiger partial charge in [0, 0.05) is 17.5 Å². The molecule has 6 nitrogen and oxygen atoms in total. The third-order valence-electron chi connectivity index (χ3n) is 3.91. The lowest BCUT2D eigenvalue weighted by Gasteiger charge is -2.10. The number of fused-ring (bicyclic) bond motifs is 1. The number of nitrogens with one attached hydrogen (secondary N) is 1. The van der Waals surface area contributed by atoms with Crippen molar-refractivity contribution in [1.29, 1.82) is 0 Å². The number of nitrogens with two attached hydrogens (primary N) is 1. The van der Waals surface area contributed by atoms with E-state index in [4.69, 9.17) is 5.73 Å². The molecule has 138 valence electrons. The molecular weight excluding hydrogens is 352 g/mol. The largest absolute Gasteiger partial charge is 0.366 e. The quantitative estimate of drug-likeness (QED) is 0.676. The number of primary amides is 1. The van der Waals surface area contributed by atoms with Gasteiger partial charge in [-0.3, -0.25) is 4.79 Å². The lowest BCUT2D eigenvalue weighted by molar-refractivity contribution is 0.100. The van der Waals surface area contributed by atoms with Gasteiger partial charge < -0.3 is 11.1 Å². The van der Waals surface area contributed by atoms with Crippen molar-refractivity contribution in [3.8, 4) is 0 Å². The van der Waals surface area contributed by atoms with E-state index in [1.807, 2.05) is 0 Å². The van der Waals surface area contributed by atoms with Crippen molar-refractivity contribution < 1.29 is 13.6 Å². The second kappa shape index (κ2) is 7.55.